The Morgan fingerprint density at radius 1 is 1.05 bits per heavy atom. The Morgan fingerprint density at radius 3 is 2.62 bits per heavy atom. The van der Waals surface area contributed by atoms with E-state index in [9.17, 15) is 4.79 Å². The maximum atomic E-state index is 12.4. The molecule has 2 aromatic carbocycles. The lowest BCUT2D eigenvalue weighted by Crippen LogP contribution is -2.57. The van der Waals surface area contributed by atoms with Crippen molar-refractivity contribution < 1.29 is 9.53 Å². The summed E-state index contributed by atoms with van der Waals surface area (Å²) in [4.78, 5) is 14.6. The normalized spacial score (nSPS) is 28.0. The molecule has 2 aromatic rings. The summed E-state index contributed by atoms with van der Waals surface area (Å²) in [5.74, 6) is 1.53. The van der Waals surface area contributed by atoms with Crippen LogP contribution < -0.4 is 4.74 Å². The van der Waals surface area contributed by atoms with Crippen LogP contribution in [0.2, 0.25) is 0 Å². The second-order valence-corrected chi connectivity index (χ2v) is 6.02. The average Bonchev–Trinajstić information content (AvgIpc) is 2.55. The lowest BCUT2D eigenvalue weighted by atomic mass is 9.82. The fourth-order valence-electron chi connectivity index (χ4n) is 3.63. The van der Waals surface area contributed by atoms with E-state index in [0.717, 1.165) is 37.1 Å². The van der Waals surface area contributed by atoms with Crippen LogP contribution in [0.4, 0.5) is 0 Å². The van der Waals surface area contributed by atoms with Gasteiger partial charge in [-0.15, -0.1) is 0 Å². The molecule has 0 amide bonds. The van der Waals surface area contributed by atoms with E-state index in [1.807, 2.05) is 24.3 Å². The summed E-state index contributed by atoms with van der Waals surface area (Å²) < 4.78 is 6.02. The highest BCUT2D eigenvalue weighted by Crippen LogP contribution is 2.30. The lowest BCUT2D eigenvalue weighted by Gasteiger charge is -2.43. The van der Waals surface area contributed by atoms with Crippen molar-refractivity contribution in [1.29, 1.82) is 0 Å². The zero-order chi connectivity index (χ0) is 14.2. The van der Waals surface area contributed by atoms with Crippen LogP contribution in [0.5, 0.6) is 5.75 Å². The van der Waals surface area contributed by atoms with E-state index in [-0.39, 0.29) is 12.0 Å². The van der Waals surface area contributed by atoms with Crippen LogP contribution in [0.25, 0.3) is 10.8 Å². The first-order valence-corrected chi connectivity index (χ1v) is 7.71. The minimum atomic E-state index is -0.0449. The van der Waals surface area contributed by atoms with Gasteiger partial charge in [0.25, 0.3) is 0 Å². The molecule has 0 spiro atoms. The van der Waals surface area contributed by atoms with Crippen LogP contribution in [-0.2, 0) is 4.79 Å². The van der Waals surface area contributed by atoms with Crippen LogP contribution in [-0.4, -0.2) is 36.4 Å². The van der Waals surface area contributed by atoms with Gasteiger partial charge in [-0.25, -0.2) is 0 Å². The van der Waals surface area contributed by atoms with E-state index in [1.54, 1.807) is 0 Å². The number of Topliss-reactive ketones (excluding diaryl/α,β-unsaturated/α-hetero) is 1. The third kappa shape index (κ3) is 2.22. The van der Waals surface area contributed by atoms with E-state index in [0.29, 0.717) is 12.4 Å². The van der Waals surface area contributed by atoms with Gasteiger partial charge in [-0.1, -0.05) is 36.4 Å². The van der Waals surface area contributed by atoms with Gasteiger partial charge in [0, 0.05) is 11.3 Å². The van der Waals surface area contributed by atoms with E-state index in [1.165, 1.54) is 5.39 Å². The minimum absolute atomic E-state index is 0.0449. The summed E-state index contributed by atoms with van der Waals surface area (Å²) in [5.41, 5.74) is 0. The summed E-state index contributed by atoms with van der Waals surface area (Å²) in [6, 6.07) is 14.2. The molecule has 3 heteroatoms. The van der Waals surface area contributed by atoms with Crippen LogP contribution in [0, 0.1) is 5.92 Å². The Balaban J connectivity index is 1.55. The van der Waals surface area contributed by atoms with Gasteiger partial charge in [0.2, 0.25) is 0 Å². The predicted octanol–water partition coefficient (Wildman–Crippen LogP) is 2.88. The third-order valence-electron chi connectivity index (χ3n) is 4.85. The molecule has 3 saturated heterocycles. The molecule has 1 atom stereocenters. The maximum absolute atomic E-state index is 12.4. The first-order valence-electron chi connectivity index (χ1n) is 7.71. The van der Waals surface area contributed by atoms with Gasteiger partial charge in [-0.3, -0.25) is 9.69 Å². The first kappa shape index (κ1) is 12.8. The number of ketones is 1. The molecule has 3 heterocycles. The Bertz CT molecular complexity index is 668. The molecule has 0 radical (unpaired) electrons. The maximum Gasteiger partial charge on any atom is 0.156 e. The van der Waals surface area contributed by atoms with Gasteiger partial charge >= 0.3 is 0 Å². The van der Waals surface area contributed by atoms with Gasteiger partial charge in [0.05, 0.1) is 0 Å². The number of rotatable bonds is 3. The molecule has 2 bridgehead atoms. The molecule has 0 aliphatic carbocycles. The van der Waals surface area contributed by atoms with Crippen LogP contribution >= 0.6 is 0 Å². The van der Waals surface area contributed by atoms with E-state index >= 15 is 0 Å². The number of nitrogens with zero attached hydrogens (tertiary/aromatic N) is 1. The van der Waals surface area contributed by atoms with E-state index in [4.69, 9.17) is 4.74 Å². The van der Waals surface area contributed by atoms with Crippen molar-refractivity contribution in [3.8, 4) is 5.75 Å². The number of hydrogen-bond acceptors (Lipinski definition) is 3. The zero-order valence-electron chi connectivity index (χ0n) is 12.0. The van der Waals surface area contributed by atoms with Crippen molar-refractivity contribution in [3.63, 3.8) is 0 Å². The van der Waals surface area contributed by atoms with Crippen LogP contribution in [0.1, 0.15) is 12.8 Å². The number of carbonyl (C=O) groups excluding carboxylic acids is 1. The number of piperidine rings is 3. The fourth-order valence-corrected chi connectivity index (χ4v) is 3.63. The summed E-state index contributed by atoms with van der Waals surface area (Å²) in [6.45, 7) is 2.56. The molecular weight excluding hydrogens is 262 g/mol. The molecule has 1 unspecified atom stereocenters. The quantitative estimate of drug-likeness (QED) is 0.866. The van der Waals surface area contributed by atoms with Crippen LogP contribution in [0.15, 0.2) is 42.5 Å². The van der Waals surface area contributed by atoms with E-state index in [2.05, 4.69) is 23.1 Å². The highest BCUT2D eigenvalue weighted by Gasteiger charge is 2.41. The number of benzene rings is 2. The van der Waals surface area contributed by atoms with Crippen molar-refractivity contribution in [3.05, 3.63) is 42.5 Å². The third-order valence-corrected chi connectivity index (χ3v) is 4.85. The fraction of sp³-hybridized carbons (Fsp3) is 0.389. The van der Waals surface area contributed by atoms with Gasteiger partial charge < -0.3 is 4.74 Å². The standard InChI is InChI=1S/C18H19NO2/c20-18-14-8-10-19(11-9-14)16(18)12-21-17-7-3-5-13-4-1-2-6-15(13)17/h1-7,14,16H,8-12H2. The van der Waals surface area contributed by atoms with Crippen molar-refractivity contribution in [1.82, 2.24) is 4.90 Å². The molecule has 108 valence electrons. The summed E-state index contributed by atoms with van der Waals surface area (Å²) >= 11 is 0. The molecule has 3 aliphatic rings. The van der Waals surface area contributed by atoms with Crippen molar-refractivity contribution in [2.45, 2.75) is 18.9 Å². The van der Waals surface area contributed by atoms with Gasteiger partial charge in [-0.2, -0.15) is 0 Å². The molecule has 3 aliphatic heterocycles. The Kier molecular flexibility index (Phi) is 3.15. The van der Waals surface area contributed by atoms with E-state index < -0.39 is 0 Å². The monoisotopic (exact) mass is 281 g/mol. The Hall–Kier alpha value is -1.87. The van der Waals surface area contributed by atoms with Gasteiger partial charge in [-0.05, 0) is 37.4 Å². The lowest BCUT2D eigenvalue weighted by molar-refractivity contribution is -0.138. The number of carbonyl (C=O) groups is 1. The molecule has 21 heavy (non-hydrogen) atoms. The second kappa shape index (κ2) is 5.15. The molecule has 5 rings (SSSR count). The van der Waals surface area contributed by atoms with Crippen molar-refractivity contribution >= 4 is 16.6 Å². The number of fused-ring (bicyclic) bond motifs is 4. The smallest absolute Gasteiger partial charge is 0.156 e. The molecule has 0 N–H and O–H groups in total. The minimum Gasteiger partial charge on any atom is -0.491 e. The summed E-state index contributed by atoms with van der Waals surface area (Å²) in [5, 5.41) is 2.29. The van der Waals surface area contributed by atoms with Crippen LogP contribution in [0.3, 0.4) is 0 Å². The Morgan fingerprint density at radius 2 is 1.81 bits per heavy atom. The SMILES string of the molecule is O=C1C2CCN(CC2)C1COc1cccc2ccccc12. The molecule has 3 nitrogen and oxygen atoms in total. The summed E-state index contributed by atoms with van der Waals surface area (Å²) in [6.07, 6.45) is 2.06. The summed E-state index contributed by atoms with van der Waals surface area (Å²) in [7, 11) is 0. The topological polar surface area (TPSA) is 29.5 Å². The highest BCUT2D eigenvalue weighted by molar-refractivity contribution is 5.89. The molecule has 0 saturated carbocycles. The van der Waals surface area contributed by atoms with Crippen molar-refractivity contribution in [2.24, 2.45) is 5.92 Å². The molecule has 3 fully saturated rings. The zero-order valence-corrected chi connectivity index (χ0v) is 12.0. The second-order valence-electron chi connectivity index (χ2n) is 6.02. The van der Waals surface area contributed by atoms with Crippen molar-refractivity contribution in [2.75, 3.05) is 19.7 Å². The van der Waals surface area contributed by atoms with Gasteiger partial charge in [0.1, 0.15) is 18.4 Å². The number of ether oxygens (including phenoxy) is 1. The first-order chi connectivity index (χ1) is 10.3. The predicted molar refractivity (Wildman–Crippen MR) is 82.5 cm³/mol. The molecule has 0 aromatic heterocycles. The largest absolute Gasteiger partial charge is 0.491 e. The average molecular weight is 281 g/mol. The number of hydrogen-bond donors (Lipinski definition) is 0. The Labute approximate surface area is 124 Å². The van der Waals surface area contributed by atoms with Gasteiger partial charge in [0.15, 0.2) is 5.78 Å². The highest BCUT2D eigenvalue weighted by atomic mass is 16.5. The molecular formula is C18H19NO2.